The molecule has 0 bridgehead atoms. The van der Waals surface area contributed by atoms with Gasteiger partial charge in [-0.2, -0.15) is 33.2 Å². The van der Waals surface area contributed by atoms with Gasteiger partial charge in [0, 0.05) is 22.6 Å². The Labute approximate surface area is 322 Å². The molecule has 0 spiro atoms. The maximum absolute atomic E-state index is 12.5. The Morgan fingerprint density at radius 3 is 2.28 bits per heavy atom. The Hall–Kier alpha value is -4.64. The van der Waals surface area contributed by atoms with Crippen LogP contribution in [-0.2, 0) is 37.8 Å². The number of halogens is 1. The van der Waals surface area contributed by atoms with Gasteiger partial charge in [-0.3, -0.25) is 9.35 Å². The molecule has 5 aromatic rings. The Bertz CT molecular complexity index is 2250. The van der Waals surface area contributed by atoms with Crippen molar-refractivity contribution in [3.63, 3.8) is 0 Å². The van der Waals surface area contributed by atoms with Crippen molar-refractivity contribution in [2.75, 3.05) is 16.4 Å². The molecule has 26 heteroatoms. The monoisotopic (exact) mass is 841 g/mol. The minimum Gasteiger partial charge on any atom is -0.492 e. The minimum absolute atomic E-state index is 0.00868. The molecule has 0 amide bonds. The van der Waals surface area contributed by atoms with Crippen LogP contribution in [0.25, 0.3) is 5.69 Å². The normalized spacial score (nSPS) is 11.6. The number of aromatic nitrogens is 5. The number of benzene rings is 3. The van der Waals surface area contributed by atoms with Crippen LogP contribution in [0.4, 0.5) is 34.6 Å². The van der Waals surface area contributed by atoms with E-state index in [0.717, 1.165) is 29.7 Å². The zero-order valence-corrected chi connectivity index (χ0v) is 31.2. The molecule has 6 N–H and O–H groups in total. The van der Waals surface area contributed by atoms with Gasteiger partial charge >= 0.3 is 5.97 Å². The molecule has 21 nitrogen and oxygen atoms in total. The van der Waals surface area contributed by atoms with Crippen molar-refractivity contribution in [1.82, 2.24) is 24.7 Å². The molecule has 54 heavy (non-hydrogen) atoms. The maximum Gasteiger partial charge on any atom is 0.330 e. The average molecular weight is 842 g/mol. The Kier molecular flexibility index (Phi) is 14.0. The molecule has 0 radical (unpaired) electrons. The van der Waals surface area contributed by atoms with E-state index < -0.39 is 26.7 Å². The number of hydrogen-bond acceptors (Lipinski definition) is 22. The zero-order valence-electron chi connectivity index (χ0n) is 27.2. The van der Waals surface area contributed by atoms with Crippen molar-refractivity contribution >= 4 is 98.5 Å². The van der Waals surface area contributed by atoms with E-state index in [-0.39, 0.29) is 50.8 Å². The van der Waals surface area contributed by atoms with E-state index in [2.05, 4.69) is 59.7 Å². The topological polar surface area (TPSA) is 284 Å². The van der Waals surface area contributed by atoms with Crippen LogP contribution in [0.3, 0.4) is 0 Å². The summed E-state index contributed by atoms with van der Waals surface area (Å²) in [6.07, 6.45) is 0. The number of nitrogens with zero attached hydrogens (tertiary/aromatic N) is 7. The Balaban J connectivity index is 1.39. The predicted octanol–water partition coefficient (Wildman–Crippen LogP) is 7.23. The van der Waals surface area contributed by atoms with Crippen LogP contribution in [0.5, 0.6) is 5.88 Å². The standard InChI is InChI=1S/C28H24ClN9O12S4/c1-14-3-7-17(8-4-14)38-25(40)24(15(2)37-38)36-35-20-11-21(53-50-48-42)19(12-22(20)54(43,44)45)31-28-33-26(29)32-27(34-28)30-16-5-9-18(10-6-16)52-46-23(39)13-51-49-47-41/h3-12,40-42H,13H2,1-2H3,(H,43,44,45)(H2,30,31,32,33,34). The first-order chi connectivity index (χ1) is 25.8. The summed E-state index contributed by atoms with van der Waals surface area (Å²) in [5.74, 6) is -1.55. The molecule has 3 aromatic carbocycles. The van der Waals surface area contributed by atoms with Crippen molar-refractivity contribution < 1.29 is 56.3 Å². The number of carbonyl (C=O) groups excluding carboxylic acids is 1. The fourth-order valence-corrected chi connectivity index (χ4v) is 6.23. The second-order valence-corrected chi connectivity index (χ2v) is 14.1. The lowest BCUT2D eigenvalue weighted by molar-refractivity contribution is -0.432. The summed E-state index contributed by atoms with van der Waals surface area (Å²) in [4.78, 5) is 23.8. The van der Waals surface area contributed by atoms with Gasteiger partial charge in [-0.25, -0.2) is 10.5 Å². The third kappa shape index (κ3) is 11.0. The molecule has 284 valence electrons. The number of aryl methyl sites for hydroxylation is 2. The molecule has 0 saturated heterocycles. The predicted molar refractivity (Wildman–Crippen MR) is 193 cm³/mol. The lowest BCUT2D eigenvalue weighted by Crippen LogP contribution is -2.06. The highest BCUT2D eigenvalue weighted by Gasteiger charge is 2.23. The molecule has 0 atom stereocenters. The van der Waals surface area contributed by atoms with Gasteiger partial charge in [0.25, 0.3) is 10.1 Å². The molecule has 0 unspecified atom stereocenters. The number of nitrogens with one attached hydrogen (secondary N) is 2. The molecule has 0 aliphatic rings. The quantitative estimate of drug-likeness (QED) is 0.0134. The number of anilines is 4. The first-order valence-corrected chi connectivity index (χ1v) is 18.7. The van der Waals surface area contributed by atoms with E-state index in [9.17, 15) is 22.9 Å². The molecular formula is C28H24ClN9O12S4. The maximum atomic E-state index is 12.5. The molecule has 0 fully saturated rings. The lowest BCUT2D eigenvalue weighted by atomic mass is 10.2. The molecule has 0 saturated carbocycles. The van der Waals surface area contributed by atoms with Crippen molar-refractivity contribution in [2.45, 2.75) is 28.5 Å². The summed E-state index contributed by atoms with van der Waals surface area (Å²) < 4.78 is 50.2. The summed E-state index contributed by atoms with van der Waals surface area (Å²) in [7, 11) is -4.98. The Morgan fingerprint density at radius 1 is 0.926 bits per heavy atom. The van der Waals surface area contributed by atoms with E-state index in [1.807, 2.05) is 19.1 Å². The van der Waals surface area contributed by atoms with Gasteiger partial charge in [-0.1, -0.05) is 27.8 Å². The van der Waals surface area contributed by atoms with Gasteiger partial charge in [0.05, 0.1) is 46.0 Å². The summed E-state index contributed by atoms with van der Waals surface area (Å²) in [5, 5.41) is 52.6. The lowest BCUT2D eigenvalue weighted by Gasteiger charge is -2.13. The highest BCUT2D eigenvalue weighted by atomic mass is 35.5. The number of rotatable bonds is 17. The van der Waals surface area contributed by atoms with Gasteiger partial charge in [0.15, 0.2) is 5.69 Å². The van der Waals surface area contributed by atoms with Crippen molar-refractivity contribution in [2.24, 2.45) is 10.2 Å². The van der Waals surface area contributed by atoms with Crippen LogP contribution < -0.4 is 10.6 Å². The van der Waals surface area contributed by atoms with E-state index in [1.54, 1.807) is 43.3 Å². The molecule has 0 aliphatic carbocycles. The van der Waals surface area contributed by atoms with E-state index in [1.165, 1.54) is 4.68 Å². The second-order valence-electron chi connectivity index (χ2n) is 10.2. The molecule has 0 aliphatic heterocycles. The van der Waals surface area contributed by atoms with Crippen LogP contribution in [0, 0.1) is 13.8 Å². The summed E-state index contributed by atoms with van der Waals surface area (Å²) in [5.41, 5.74) is 1.63. The minimum atomic E-state index is -4.98. The van der Waals surface area contributed by atoms with E-state index in [4.69, 9.17) is 26.3 Å². The van der Waals surface area contributed by atoms with E-state index in [0.29, 0.717) is 40.4 Å². The summed E-state index contributed by atoms with van der Waals surface area (Å²) >= 11 is 7.85. The third-order valence-corrected chi connectivity index (χ3v) is 9.43. The molecule has 5 rings (SSSR count). The fraction of sp³-hybridized carbons (Fsp3) is 0.107. The number of azo groups is 1. The second kappa shape index (κ2) is 18.6. The number of hydrogen-bond donors (Lipinski definition) is 6. The highest BCUT2D eigenvalue weighted by molar-refractivity contribution is 7.96. The highest BCUT2D eigenvalue weighted by Crippen LogP contribution is 2.40. The van der Waals surface area contributed by atoms with Crippen LogP contribution in [0.1, 0.15) is 11.3 Å². The van der Waals surface area contributed by atoms with Gasteiger partial charge in [0.1, 0.15) is 16.3 Å². The molecule has 2 aromatic heterocycles. The van der Waals surface area contributed by atoms with Gasteiger partial charge in [-0.15, -0.1) is 18.9 Å². The number of carbonyl (C=O) groups is 1. The number of aromatic hydroxyl groups is 1. The summed E-state index contributed by atoms with van der Waals surface area (Å²) in [6.45, 7) is 3.45. The Morgan fingerprint density at radius 2 is 1.61 bits per heavy atom. The van der Waals surface area contributed by atoms with Gasteiger partial charge in [0.2, 0.25) is 23.1 Å². The van der Waals surface area contributed by atoms with Crippen LogP contribution in [-0.4, -0.2) is 65.0 Å². The fourth-order valence-electron chi connectivity index (χ4n) is 4.16. The smallest absolute Gasteiger partial charge is 0.330 e. The van der Waals surface area contributed by atoms with Crippen molar-refractivity contribution in [1.29, 1.82) is 0 Å². The van der Waals surface area contributed by atoms with Crippen molar-refractivity contribution in [3.8, 4) is 11.6 Å². The van der Waals surface area contributed by atoms with Crippen LogP contribution in [0.2, 0.25) is 5.28 Å². The van der Waals surface area contributed by atoms with Crippen LogP contribution >= 0.6 is 47.7 Å². The SMILES string of the molecule is Cc1ccc(-n2nc(C)c(N=Nc3cc(SOOO)c(Nc4nc(Cl)nc(Nc5ccc(SOC(=O)CSOOO)cc5)n4)cc3S(=O)(=O)O)c2O)cc1. The largest absolute Gasteiger partial charge is 0.492 e. The van der Waals surface area contributed by atoms with E-state index >= 15 is 0 Å². The van der Waals surface area contributed by atoms with Crippen LogP contribution in [0.15, 0.2) is 85.6 Å². The zero-order chi connectivity index (χ0) is 38.8. The summed E-state index contributed by atoms with van der Waals surface area (Å²) in [6, 6.07) is 15.6. The molecule has 2 heterocycles. The third-order valence-electron chi connectivity index (χ3n) is 6.49. The first kappa shape index (κ1) is 40.5. The average Bonchev–Trinajstić information content (AvgIpc) is 3.41. The first-order valence-electron chi connectivity index (χ1n) is 14.4. The van der Waals surface area contributed by atoms with Gasteiger partial charge < -0.3 is 19.9 Å². The van der Waals surface area contributed by atoms with Gasteiger partial charge in [-0.05, 0) is 74.0 Å². The molecular weight excluding hydrogens is 818 g/mol. The van der Waals surface area contributed by atoms with Crippen molar-refractivity contribution in [3.05, 3.63) is 77.2 Å².